The van der Waals surface area contributed by atoms with Gasteiger partial charge in [0.1, 0.15) is 5.75 Å². The van der Waals surface area contributed by atoms with E-state index in [-0.39, 0.29) is 22.8 Å². The Balaban J connectivity index is 1.95. The van der Waals surface area contributed by atoms with Gasteiger partial charge in [0.05, 0.1) is 17.1 Å². The van der Waals surface area contributed by atoms with Gasteiger partial charge < -0.3 is 10.1 Å². The van der Waals surface area contributed by atoms with Gasteiger partial charge in [0.2, 0.25) is 0 Å². The number of fused-ring (bicyclic) bond motifs is 1. The minimum atomic E-state index is -3.87. The second-order valence-electron chi connectivity index (χ2n) is 10.5. The molecule has 0 aliphatic carbocycles. The smallest absolute Gasteiger partial charge is 0.264 e. The molecule has 0 radical (unpaired) electrons. The van der Waals surface area contributed by atoms with Crippen molar-refractivity contribution in [3.8, 4) is 5.75 Å². The Morgan fingerprint density at radius 3 is 2.22 bits per heavy atom. The molecule has 1 aliphatic heterocycles. The van der Waals surface area contributed by atoms with E-state index in [4.69, 9.17) is 4.74 Å². The zero-order valence-electron chi connectivity index (χ0n) is 20.0. The molecule has 174 valence electrons. The third kappa shape index (κ3) is 5.44. The van der Waals surface area contributed by atoms with Gasteiger partial charge in [-0.25, -0.2) is 8.42 Å². The number of benzene rings is 2. The maximum absolute atomic E-state index is 13.6. The highest BCUT2D eigenvalue weighted by Crippen LogP contribution is 2.38. The van der Waals surface area contributed by atoms with E-state index >= 15 is 0 Å². The molecule has 2 aromatic rings. The highest BCUT2D eigenvalue weighted by atomic mass is 32.2. The number of sulfonamides is 1. The van der Waals surface area contributed by atoms with Gasteiger partial charge in [-0.15, -0.1) is 0 Å². The van der Waals surface area contributed by atoms with Crippen molar-refractivity contribution in [3.63, 3.8) is 0 Å². The van der Waals surface area contributed by atoms with E-state index in [1.54, 1.807) is 36.4 Å². The third-order valence-electron chi connectivity index (χ3n) is 5.32. The lowest BCUT2D eigenvalue weighted by Crippen LogP contribution is -2.55. The zero-order chi connectivity index (χ0) is 23.9. The summed E-state index contributed by atoms with van der Waals surface area (Å²) in [6, 6.07) is 12.1. The molecule has 0 bridgehead atoms. The molecule has 1 atom stereocenters. The molecule has 1 N–H and O–H groups in total. The monoisotopic (exact) mass is 458 g/mol. The van der Waals surface area contributed by atoms with Gasteiger partial charge in [0.25, 0.3) is 15.9 Å². The number of carbonyl (C=O) groups excluding carboxylic acids is 1. The van der Waals surface area contributed by atoms with Crippen molar-refractivity contribution in [3.05, 3.63) is 53.6 Å². The predicted molar refractivity (Wildman–Crippen MR) is 128 cm³/mol. The molecule has 0 unspecified atom stereocenters. The van der Waals surface area contributed by atoms with Gasteiger partial charge in [0.15, 0.2) is 6.10 Å². The van der Waals surface area contributed by atoms with Crippen molar-refractivity contribution in [2.75, 3.05) is 10.8 Å². The number of nitrogens with one attached hydrogen (secondary N) is 1. The lowest BCUT2D eigenvalue weighted by molar-refractivity contribution is -0.129. The number of amides is 1. The Morgan fingerprint density at radius 2 is 1.62 bits per heavy atom. The van der Waals surface area contributed by atoms with Crippen molar-refractivity contribution >= 4 is 21.6 Å². The van der Waals surface area contributed by atoms with Crippen molar-refractivity contribution in [1.29, 1.82) is 0 Å². The van der Waals surface area contributed by atoms with E-state index in [1.165, 1.54) is 4.31 Å². The van der Waals surface area contributed by atoms with Crippen molar-refractivity contribution in [2.24, 2.45) is 5.41 Å². The molecule has 3 rings (SSSR count). The molecule has 1 aliphatic rings. The van der Waals surface area contributed by atoms with E-state index in [1.807, 2.05) is 33.8 Å². The van der Waals surface area contributed by atoms with Gasteiger partial charge in [-0.1, -0.05) is 44.5 Å². The summed E-state index contributed by atoms with van der Waals surface area (Å²) >= 11 is 0. The number of hydrogen-bond acceptors (Lipinski definition) is 4. The first kappa shape index (κ1) is 24.1. The third-order valence-corrected chi connectivity index (χ3v) is 7.11. The standard InChI is InChI=1S/C25H34N2O4S/c1-17-8-11-19(12-9-17)32(29,30)27-15-22(31-21-13-10-18(2)14-20(21)27)23(28)26-25(6,7)16-24(3,4)5/h8-14,22H,15-16H2,1-7H3,(H,26,28)/t22-/m1/s1. The van der Waals surface area contributed by atoms with Crippen LogP contribution in [0.2, 0.25) is 0 Å². The van der Waals surface area contributed by atoms with Crippen LogP contribution in [0.25, 0.3) is 0 Å². The summed E-state index contributed by atoms with van der Waals surface area (Å²) in [6.45, 7) is 14.0. The summed E-state index contributed by atoms with van der Waals surface area (Å²) in [5.41, 5.74) is 1.89. The second kappa shape index (κ2) is 8.43. The highest BCUT2D eigenvalue weighted by Gasteiger charge is 2.39. The van der Waals surface area contributed by atoms with Crippen LogP contribution in [0.5, 0.6) is 5.75 Å². The van der Waals surface area contributed by atoms with E-state index in [9.17, 15) is 13.2 Å². The molecular weight excluding hydrogens is 424 g/mol. The van der Waals surface area contributed by atoms with Crippen LogP contribution in [0, 0.1) is 19.3 Å². The van der Waals surface area contributed by atoms with Gasteiger partial charge in [-0.05, 0) is 69.4 Å². The molecule has 6 nitrogen and oxygen atoms in total. The van der Waals surface area contributed by atoms with Gasteiger partial charge in [0, 0.05) is 5.54 Å². The van der Waals surface area contributed by atoms with Crippen LogP contribution in [-0.2, 0) is 14.8 Å². The molecule has 7 heteroatoms. The van der Waals surface area contributed by atoms with Crippen molar-refractivity contribution < 1.29 is 17.9 Å². The molecule has 0 saturated heterocycles. The second-order valence-corrected chi connectivity index (χ2v) is 12.4. The highest BCUT2D eigenvalue weighted by molar-refractivity contribution is 7.92. The number of ether oxygens (including phenoxy) is 1. The zero-order valence-corrected chi connectivity index (χ0v) is 20.8. The Bertz CT molecular complexity index is 1100. The molecule has 0 aromatic heterocycles. The average molecular weight is 459 g/mol. The topological polar surface area (TPSA) is 75.7 Å². The molecule has 0 fully saturated rings. The fourth-order valence-corrected chi connectivity index (χ4v) is 5.81. The number of hydrogen-bond donors (Lipinski definition) is 1. The van der Waals surface area contributed by atoms with Gasteiger partial charge >= 0.3 is 0 Å². The number of carbonyl (C=O) groups is 1. The Labute approximate surface area is 192 Å². The summed E-state index contributed by atoms with van der Waals surface area (Å²) in [5, 5.41) is 3.06. The van der Waals surface area contributed by atoms with E-state index in [0.29, 0.717) is 11.4 Å². The molecular formula is C25H34N2O4S. The maximum Gasteiger partial charge on any atom is 0.264 e. The number of rotatable bonds is 5. The van der Waals surface area contributed by atoms with E-state index < -0.39 is 21.7 Å². The first-order valence-electron chi connectivity index (χ1n) is 10.9. The Kier molecular flexibility index (Phi) is 6.35. The van der Waals surface area contributed by atoms with Crippen molar-refractivity contribution in [1.82, 2.24) is 5.32 Å². The quantitative estimate of drug-likeness (QED) is 0.711. The SMILES string of the molecule is Cc1ccc(S(=O)(=O)N2C[C@H](C(=O)NC(C)(C)CC(C)(C)C)Oc3ccc(C)cc32)cc1. The molecule has 0 spiro atoms. The van der Waals surface area contributed by atoms with Crippen LogP contribution in [0.15, 0.2) is 47.4 Å². The molecule has 1 heterocycles. The van der Waals surface area contributed by atoms with Crippen LogP contribution in [0.4, 0.5) is 5.69 Å². The number of anilines is 1. The van der Waals surface area contributed by atoms with E-state index in [2.05, 4.69) is 26.1 Å². The normalized spacial score (nSPS) is 16.8. The fraction of sp³-hybridized carbons (Fsp3) is 0.480. The van der Waals surface area contributed by atoms with Crippen LogP contribution >= 0.6 is 0 Å². The van der Waals surface area contributed by atoms with Gasteiger partial charge in [-0.2, -0.15) is 0 Å². The van der Waals surface area contributed by atoms with Crippen LogP contribution < -0.4 is 14.4 Å². The van der Waals surface area contributed by atoms with Crippen LogP contribution in [0.1, 0.15) is 52.2 Å². The van der Waals surface area contributed by atoms with Crippen LogP contribution in [0.3, 0.4) is 0 Å². The van der Waals surface area contributed by atoms with Gasteiger partial charge in [-0.3, -0.25) is 9.10 Å². The molecule has 0 saturated carbocycles. The largest absolute Gasteiger partial charge is 0.476 e. The Morgan fingerprint density at radius 1 is 1.03 bits per heavy atom. The molecule has 2 aromatic carbocycles. The summed E-state index contributed by atoms with van der Waals surface area (Å²) < 4.78 is 34.4. The summed E-state index contributed by atoms with van der Waals surface area (Å²) in [5.74, 6) is 0.0564. The molecule has 1 amide bonds. The lowest BCUT2D eigenvalue weighted by Gasteiger charge is -2.38. The number of nitrogens with zero attached hydrogens (tertiary/aromatic N) is 1. The van der Waals surface area contributed by atoms with E-state index in [0.717, 1.165) is 17.5 Å². The molecule has 32 heavy (non-hydrogen) atoms. The fourth-order valence-electron chi connectivity index (χ4n) is 4.35. The van der Waals surface area contributed by atoms with Crippen molar-refractivity contribution in [2.45, 2.75) is 71.4 Å². The first-order chi connectivity index (χ1) is 14.7. The minimum Gasteiger partial charge on any atom is -0.476 e. The maximum atomic E-state index is 13.6. The average Bonchev–Trinajstić information content (AvgIpc) is 2.65. The Hall–Kier alpha value is -2.54. The summed E-state index contributed by atoms with van der Waals surface area (Å²) in [7, 11) is -3.87. The predicted octanol–water partition coefficient (Wildman–Crippen LogP) is 4.59. The van der Waals surface area contributed by atoms with Crippen LogP contribution in [-0.4, -0.2) is 32.5 Å². The lowest BCUT2D eigenvalue weighted by atomic mass is 9.81. The summed E-state index contributed by atoms with van der Waals surface area (Å²) in [4.78, 5) is 13.4. The first-order valence-corrected chi connectivity index (χ1v) is 12.3. The minimum absolute atomic E-state index is 0.0230. The summed E-state index contributed by atoms with van der Waals surface area (Å²) in [6.07, 6.45) is -0.190. The number of aryl methyl sites for hydroxylation is 2.